The SMILES string of the molecule is CCCCCCCCOP(O)OCC. The van der Waals surface area contributed by atoms with Crippen LogP contribution in [0, 0.1) is 0 Å². The fourth-order valence-corrected chi connectivity index (χ4v) is 1.75. The van der Waals surface area contributed by atoms with Gasteiger partial charge in [0.15, 0.2) is 0 Å². The Kier molecular flexibility index (Phi) is 11.6. The molecule has 1 N–H and O–H groups in total. The Hall–Kier alpha value is 0.310. The summed E-state index contributed by atoms with van der Waals surface area (Å²) in [5.41, 5.74) is 0. The first-order chi connectivity index (χ1) is 6.81. The van der Waals surface area contributed by atoms with E-state index in [2.05, 4.69) is 6.92 Å². The lowest BCUT2D eigenvalue weighted by molar-refractivity contribution is 0.204. The van der Waals surface area contributed by atoms with Crippen molar-refractivity contribution < 1.29 is 13.9 Å². The van der Waals surface area contributed by atoms with Gasteiger partial charge >= 0.3 is 8.60 Å². The van der Waals surface area contributed by atoms with Crippen LogP contribution >= 0.6 is 8.60 Å². The van der Waals surface area contributed by atoms with Crippen molar-refractivity contribution in [2.24, 2.45) is 0 Å². The van der Waals surface area contributed by atoms with Crippen molar-refractivity contribution in [1.29, 1.82) is 0 Å². The molecule has 14 heavy (non-hydrogen) atoms. The molecule has 0 saturated heterocycles. The van der Waals surface area contributed by atoms with Gasteiger partial charge in [-0.25, -0.2) is 0 Å². The van der Waals surface area contributed by atoms with Crippen molar-refractivity contribution in [2.45, 2.75) is 52.4 Å². The van der Waals surface area contributed by atoms with Gasteiger partial charge in [0.2, 0.25) is 0 Å². The number of hydrogen-bond donors (Lipinski definition) is 1. The predicted octanol–water partition coefficient (Wildman–Crippen LogP) is 3.62. The van der Waals surface area contributed by atoms with E-state index in [4.69, 9.17) is 13.9 Å². The molecule has 0 saturated carbocycles. The number of unbranched alkanes of at least 4 members (excludes halogenated alkanes) is 5. The molecule has 0 spiro atoms. The zero-order valence-corrected chi connectivity index (χ0v) is 10.3. The second-order valence-electron chi connectivity index (χ2n) is 3.26. The molecule has 3 nitrogen and oxygen atoms in total. The lowest BCUT2D eigenvalue weighted by Gasteiger charge is -2.08. The van der Waals surface area contributed by atoms with Gasteiger partial charge in [0.05, 0.1) is 13.2 Å². The van der Waals surface area contributed by atoms with E-state index in [9.17, 15) is 0 Å². The molecule has 4 heteroatoms. The van der Waals surface area contributed by atoms with Gasteiger partial charge in [-0.3, -0.25) is 0 Å². The topological polar surface area (TPSA) is 38.7 Å². The Labute approximate surface area is 88.8 Å². The molecule has 1 atom stereocenters. The van der Waals surface area contributed by atoms with Crippen LogP contribution in [0.3, 0.4) is 0 Å². The monoisotopic (exact) mass is 222 g/mol. The highest BCUT2D eigenvalue weighted by Gasteiger charge is 2.03. The summed E-state index contributed by atoms with van der Waals surface area (Å²) in [6.07, 6.45) is 7.41. The minimum atomic E-state index is -1.61. The van der Waals surface area contributed by atoms with E-state index in [0.717, 1.165) is 6.42 Å². The molecular formula is C10H23O3P. The van der Waals surface area contributed by atoms with Gasteiger partial charge in [-0.2, -0.15) is 0 Å². The van der Waals surface area contributed by atoms with Gasteiger partial charge in [-0.1, -0.05) is 39.0 Å². The summed E-state index contributed by atoms with van der Waals surface area (Å²) in [5.74, 6) is 0. The van der Waals surface area contributed by atoms with E-state index in [1.807, 2.05) is 6.92 Å². The molecule has 0 aromatic heterocycles. The zero-order chi connectivity index (χ0) is 10.6. The van der Waals surface area contributed by atoms with E-state index in [0.29, 0.717) is 13.2 Å². The molecule has 1 unspecified atom stereocenters. The van der Waals surface area contributed by atoms with E-state index in [-0.39, 0.29) is 0 Å². The summed E-state index contributed by atoms with van der Waals surface area (Å²) >= 11 is 0. The summed E-state index contributed by atoms with van der Waals surface area (Å²) in [5, 5.41) is 0. The van der Waals surface area contributed by atoms with Crippen LogP contribution in [0.5, 0.6) is 0 Å². The average molecular weight is 222 g/mol. The predicted molar refractivity (Wildman–Crippen MR) is 60.1 cm³/mol. The van der Waals surface area contributed by atoms with Crippen molar-refractivity contribution in [3.05, 3.63) is 0 Å². The van der Waals surface area contributed by atoms with Crippen LogP contribution in [-0.2, 0) is 9.05 Å². The standard InChI is InChI=1S/C10H23O3P/c1-3-5-6-7-8-9-10-13-14(11)12-4-2/h11H,3-10H2,1-2H3. The highest BCUT2D eigenvalue weighted by Crippen LogP contribution is 2.32. The molecule has 0 aliphatic rings. The van der Waals surface area contributed by atoms with Crippen LogP contribution in [0.2, 0.25) is 0 Å². The Balaban J connectivity index is 2.98. The van der Waals surface area contributed by atoms with Crippen LogP contribution in [0.25, 0.3) is 0 Å². The van der Waals surface area contributed by atoms with Gasteiger partial charge in [0.1, 0.15) is 0 Å². The Morgan fingerprint density at radius 3 is 2.21 bits per heavy atom. The Morgan fingerprint density at radius 2 is 1.57 bits per heavy atom. The third-order valence-electron chi connectivity index (χ3n) is 1.94. The van der Waals surface area contributed by atoms with Crippen molar-refractivity contribution in [3.8, 4) is 0 Å². The normalized spacial score (nSPS) is 13.1. The maximum absolute atomic E-state index is 9.11. The molecule has 86 valence electrons. The molecule has 0 aromatic rings. The molecule has 0 bridgehead atoms. The van der Waals surface area contributed by atoms with Gasteiger partial charge in [-0.05, 0) is 13.3 Å². The molecule has 0 aliphatic carbocycles. The highest BCUT2D eigenvalue weighted by atomic mass is 31.2. The number of rotatable bonds is 10. The van der Waals surface area contributed by atoms with Crippen LogP contribution < -0.4 is 0 Å². The summed E-state index contributed by atoms with van der Waals surface area (Å²) < 4.78 is 9.97. The molecule has 0 rings (SSSR count). The van der Waals surface area contributed by atoms with Gasteiger partial charge in [0, 0.05) is 0 Å². The maximum Gasteiger partial charge on any atom is 0.329 e. The highest BCUT2D eigenvalue weighted by molar-refractivity contribution is 7.40. The minimum Gasteiger partial charge on any atom is -0.328 e. The van der Waals surface area contributed by atoms with Crippen LogP contribution in [0.4, 0.5) is 0 Å². The van der Waals surface area contributed by atoms with Gasteiger partial charge in [-0.15, -0.1) is 0 Å². The smallest absolute Gasteiger partial charge is 0.328 e. The molecule has 0 radical (unpaired) electrons. The molecule has 0 heterocycles. The fourth-order valence-electron chi connectivity index (χ4n) is 1.17. The third kappa shape index (κ3) is 10.4. The van der Waals surface area contributed by atoms with Crippen LogP contribution in [-0.4, -0.2) is 18.1 Å². The van der Waals surface area contributed by atoms with E-state index < -0.39 is 8.60 Å². The summed E-state index contributed by atoms with van der Waals surface area (Å²) in [6.45, 7) is 5.19. The molecule has 0 aliphatic heterocycles. The largest absolute Gasteiger partial charge is 0.329 e. The minimum absolute atomic E-state index is 0.513. The fraction of sp³-hybridized carbons (Fsp3) is 1.00. The van der Waals surface area contributed by atoms with Crippen LogP contribution in [0.15, 0.2) is 0 Å². The maximum atomic E-state index is 9.11. The lowest BCUT2D eigenvalue weighted by atomic mass is 10.1. The molecule has 0 fully saturated rings. The van der Waals surface area contributed by atoms with E-state index in [1.54, 1.807) is 0 Å². The van der Waals surface area contributed by atoms with Gasteiger partial charge < -0.3 is 13.9 Å². The van der Waals surface area contributed by atoms with Crippen molar-refractivity contribution in [3.63, 3.8) is 0 Å². The third-order valence-corrected chi connectivity index (χ3v) is 2.82. The zero-order valence-electron chi connectivity index (χ0n) is 9.37. The lowest BCUT2D eigenvalue weighted by Crippen LogP contribution is -1.92. The van der Waals surface area contributed by atoms with Crippen molar-refractivity contribution >= 4 is 8.60 Å². The summed E-state index contributed by atoms with van der Waals surface area (Å²) in [7, 11) is -1.61. The first-order valence-electron chi connectivity index (χ1n) is 5.56. The second-order valence-corrected chi connectivity index (χ2v) is 4.25. The van der Waals surface area contributed by atoms with E-state index >= 15 is 0 Å². The summed E-state index contributed by atoms with van der Waals surface area (Å²) in [4.78, 5) is 9.11. The Morgan fingerprint density at radius 1 is 0.929 bits per heavy atom. The molecular weight excluding hydrogens is 199 g/mol. The Bertz CT molecular complexity index is 112. The van der Waals surface area contributed by atoms with Gasteiger partial charge in [0.25, 0.3) is 0 Å². The van der Waals surface area contributed by atoms with E-state index in [1.165, 1.54) is 32.1 Å². The second kappa shape index (κ2) is 11.4. The summed E-state index contributed by atoms with van der Waals surface area (Å²) in [6, 6.07) is 0. The average Bonchev–Trinajstić information content (AvgIpc) is 2.17. The van der Waals surface area contributed by atoms with Crippen LogP contribution in [0.1, 0.15) is 52.4 Å². The quantitative estimate of drug-likeness (QED) is 0.453. The van der Waals surface area contributed by atoms with Crippen molar-refractivity contribution in [1.82, 2.24) is 0 Å². The molecule has 0 aromatic carbocycles. The first-order valence-corrected chi connectivity index (χ1v) is 6.69. The molecule has 0 amide bonds. The number of hydrogen-bond acceptors (Lipinski definition) is 3. The van der Waals surface area contributed by atoms with Crippen molar-refractivity contribution in [2.75, 3.05) is 13.2 Å². The first kappa shape index (κ1) is 14.3.